The molecule has 35 heavy (non-hydrogen) atoms. The number of carboxylic acid groups (broad SMARTS) is 1. The van der Waals surface area contributed by atoms with Gasteiger partial charge in [-0.2, -0.15) is 0 Å². The molecule has 6 nitrogen and oxygen atoms in total. The van der Waals surface area contributed by atoms with Gasteiger partial charge in [-0.05, 0) is 44.0 Å². The average molecular weight is 490 g/mol. The molecule has 1 fully saturated rings. The molecular weight excluding hydrogens is 462 g/mol. The van der Waals surface area contributed by atoms with Crippen molar-refractivity contribution >= 4 is 34.9 Å². The monoisotopic (exact) mass is 489 g/mol. The minimum absolute atomic E-state index is 0.0966. The maximum absolute atomic E-state index is 13.4. The fraction of sp³-hybridized carbons (Fsp3) is 0.250. The number of likely N-dealkylation sites (tertiary alicyclic amines) is 1. The minimum atomic E-state index is -1.01. The Bertz CT molecular complexity index is 1230. The maximum Gasteiger partial charge on any atom is 0.328 e. The number of hydrogen-bond donors (Lipinski definition) is 2. The molecule has 0 aliphatic carbocycles. The van der Waals surface area contributed by atoms with E-state index in [-0.39, 0.29) is 11.9 Å². The average Bonchev–Trinajstić information content (AvgIpc) is 3.33. The number of para-hydroxylation sites is 1. The zero-order valence-corrected chi connectivity index (χ0v) is 20.3. The number of aliphatic carboxylic acids is 1. The van der Waals surface area contributed by atoms with Crippen molar-refractivity contribution in [3.05, 3.63) is 101 Å². The second-order valence-electron chi connectivity index (χ2n) is 8.61. The summed E-state index contributed by atoms with van der Waals surface area (Å²) in [5, 5.41) is 13.2. The molecule has 1 aliphatic rings. The first kappa shape index (κ1) is 24.6. The van der Waals surface area contributed by atoms with Gasteiger partial charge in [0.05, 0.1) is 17.4 Å². The molecule has 2 atom stereocenters. The number of nitrogens with zero attached hydrogens (tertiary/aromatic N) is 2. The van der Waals surface area contributed by atoms with E-state index >= 15 is 0 Å². The van der Waals surface area contributed by atoms with Gasteiger partial charge >= 0.3 is 5.97 Å². The van der Waals surface area contributed by atoms with Gasteiger partial charge < -0.3 is 10.4 Å². The highest BCUT2D eigenvalue weighted by Gasteiger charge is 2.31. The number of aliphatic imine (C=N–C) groups is 1. The summed E-state index contributed by atoms with van der Waals surface area (Å²) < 4.78 is 0. The van der Waals surface area contributed by atoms with Gasteiger partial charge in [-0.3, -0.25) is 14.7 Å². The predicted octanol–water partition coefficient (Wildman–Crippen LogP) is 5.25. The summed E-state index contributed by atoms with van der Waals surface area (Å²) in [5.41, 5.74) is 3.58. The normalized spacial score (nSPS) is 17.2. The van der Waals surface area contributed by atoms with Crippen LogP contribution in [0.25, 0.3) is 0 Å². The van der Waals surface area contributed by atoms with Gasteiger partial charge in [0.25, 0.3) is 0 Å². The first-order valence-electron chi connectivity index (χ1n) is 11.7. The van der Waals surface area contributed by atoms with Crippen molar-refractivity contribution in [2.24, 2.45) is 4.99 Å². The number of amides is 1. The summed E-state index contributed by atoms with van der Waals surface area (Å²) >= 11 is 6.36. The third-order valence-corrected chi connectivity index (χ3v) is 6.53. The molecule has 1 unspecified atom stereocenters. The fourth-order valence-corrected chi connectivity index (χ4v) is 4.51. The Balaban J connectivity index is 1.61. The molecule has 0 radical (unpaired) electrons. The Labute approximate surface area is 210 Å². The number of nitrogens with one attached hydrogen (secondary N) is 1. The molecule has 0 bridgehead atoms. The molecule has 1 amide bonds. The first-order chi connectivity index (χ1) is 16.9. The van der Waals surface area contributed by atoms with E-state index in [4.69, 9.17) is 11.6 Å². The topological polar surface area (TPSA) is 82.0 Å². The van der Waals surface area contributed by atoms with Gasteiger partial charge in [-0.25, -0.2) is 4.79 Å². The van der Waals surface area contributed by atoms with Gasteiger partial charge in [0.2, 0.25) is 5.91 Å². The summed E-state index contributed by atoms with van der Waals surface area (Å²) in [5.74, 6) is -1.11. The van der Waals surface area contributed by atoms with Crippen LogP contribution in [0, 0.1) is 0 Å². The van der Waals surface area contributed by atoms with Gasteiger partial charge in [0.15, 0.2) is 0 Å². The van der Waals surface area contributed by atoms with Crippen LogP contribution in [0.4, 0.5) is 5.69 Å². The number of anilines is 1. The molecule has 3 aromatic rings. The smallest absolute Gasteiger partial charge is 0.328 e. The lowest BCUT2D eigenvalue weighted by Gasteiger charge is -2.25. The molecule has 180 valence electrons. The number of carbonyl (C=O) groups excluding carboxylic acids is 1. The van der Waals surface area contributed by atoms with E-state index in [1.165, 1.54) is 6.92 Å². The van der Waals surface area contributed by atoms with E-state index in [0.29, 0.717) is 28.5 Å². The molecule has 1 aliphatic heterocycles. The molecule has 2 N–H and O–H groups in total. The highest BCUT2D eigenvalue weighted by Crippen LogP contribution is 2.26. The molecular formula is C28H28ClN3O3. The van der Waals surface area contributed by atoms with E-state index in [9.17, 15) is 14.7 Å². The lowest BCUT2D eigenvalue weighted by molar-refractivity contribution is -0.138. The Hall–Kier alpha value is -3.48. The van der Waals surface area contributed by atoms with Crippen LogP contribution in [0.2, 0.25) is 5.02 Å². The number of rotatable bonds is 8. The first-order valence-corrected chi connectivity index (χ1v) is 12.1. The van der Waals surface area contributed by atoms with Crippen molar-refractivity contribution in [1.82, 2.24) is 4.90 Å². The summed E-state index contributed by atoms with van der Waals surface area (Å²) in [7, 11) is 0. The number of hydrogen-bond acceptors (Lipinski definition) is 4. The molecule has 1 heterocycles. The molecule has 0 saturated carbocycles. The third kappa shape index (κ3) is 5.96. The van der Waals surface area contributed by atoms with Crippen LogP contribution in [0.1, 0.15) is 36.5 Å². The molecule has 7 heteroatoms. The summed E-state index contributed by atoms with van der Waals surface area (Å²) in [6.07, 6.45) is 1.69. The van der Waals surface area contributed by atoms with Crippen LogP contribution < -0.4 is 5.32 Å². The Morgan fingerprint density at radius 3 is 2.49 bits per heavy atom. The Kier molecular flexibility index (Phi) is 7.95. The van der Waals surface area contributed by atoms with E-state index in [0.717, 1.165) is 30.5 Å². The molecule has 1 saturated heterocycles. The van der Waals surface area contributed by atoms with Crippen molar-refractivity contribution in [2.45, 2.75) is 38.4 Å². The molecule has 0 spiro atoms. The zero-order chi connectivity index (χ0) is 24.8. The van der Waals surface area contributed by atoms with Gasteiger partial charge in [0.1, 0.15) is 6.04 Å². The summed E-state index contributed by atoms with van der Waals surface area (Å²) in [6.45, 7) is 2.96. The Morgan fingerprint density at radius 1 is 1.06 bits per heavy atom. The summed E-state index contributed by atoms with van der Waals surface area (Å²) in [6, 6.07) is 23.3. The minimum Gasteiger partial charge on any atom is -0.480 e. The molecule has 0 aromatic heterocycles. The van der Waals surface area contributed by atoms with Crippen LogP contribution in [-0.2, 0) is 16.1 Å². The SMILES string of the molecule is C[C@@H](N=C(c1ccccc1)c1ccccc1NC(=O)C1CCCN1Cc1ccccc1Cl)C(=O)O. The highest BCUT2D eigenvalue weighted by atomic mass is 35.5. The molecule has 4 rings (SSSR count). The number of halogens is 1. The predicted molar refractivity (Wildman–Crippen MR) is 139 cm³/mol. The quantitative estimate of drug-likeness (QED) is 0.423. The highest BCUT2D eigenvalue weighted by molar-refractivity contribution is 6.31. The lowest BCUT2D eigenvalue weighted by atomic mass is 9.99. The van der Waals surface area contributed by atoms with E-state index in [1.807, 2.05) is 78.9 Å². The molecule has 3 aromatic carbocycles. The van der Waals surface area contributed by atoms with Crippen molar-refractivity contribution in [3.63, 3.8) is 0 Å². The van der Waals surface area contributed by atoms with Crippen molar-refractivity contribution < 1.29 is 14.7 Å². The fourth-order valence-electron chi connectivity index (χ4n) is 4.32. The van der Waals surface area contributed by atoms with Crippen molar-refractivity contribution in [3.8, 4) is 0 Å². The van der Waals surface area contributed by atoms with Gasteiger partial charge in [-0.1, -0.05) is 78.3 Å². The largest absolute Gasteiger partial charge is 0.480 e. The van der Waals surface area contributed by atoms with Crippen molar-refractivity contribution in [1.29, 1.82) is 0 Å². The van der Waals surface area contributed by atoms with Crippen LogP contribution in [0.5, 0.6) is 0 Å². The van der Waals surface area contributed by atoms with Crippen LogP contribution in [-0.4, -0.2) is 46.2 Å². The summed E-state index contributed by atoms with van der Waals surface area (Å²) in [4.78, 5) is 31.6. The van der Waals surface area contributed by atoms with E-state index in [1.54, 1.807) is 0 Å². The second-order valence-corrected chi connectivity index (χ2v) is 9.02. The standard InChI is InChI=1S/C28H28ClN3O3/c1-19(28(34)35)30-26(20-10-3-2-4-11-20)22-13-6-8-15-24(22)31-27(33)25-16-9-17-32(25)18-21-12-5-7-14-23(21)29/h2-8,10-15,19,25H,9,16-18H2,1H3,(H,31,33)(H,34,35)/t19-,25?/m1/s1. The van der Waals surface area contributed by atoms with Crippen LogP contribution in [0.3, 0.4) is 0 Å². The van der Waals surface area contributed by atoms with E-state index < -0.39 is 12.0 Å². The zero-order valence-electron chi connectivity index (χ0n) is 19.5. The maximum atomic E-state index is 13.4. The third-order valence-electron chi connectivity index (χ3n) is 6.17. The number of benzene rings is 3. The number of carbonyl (C=O) groups is 2. The Morgan fingerprint density at radius 2 is 1.74 bits per heavy atom. The van der Waals surface area contributed by atoms with Gasteiger partial charge in [-0.15, -0.1) is 0 Å². The van der Waals surface area contributed by atoms with Gasteiger partial charge in [0, 0.05) is 22.7 Å². The number of carboxylic acids is 1. The lowest BCUT2D eigenvalue weighted by Crippen LogP contribution is -2.39. The van der Waals surface area contributed by atoms with E-state index in [2.05, 4.69) is 15.2 Å². The van der Waals surface area contributed by atoms with Crippen LogP contribution in [0.15, 0.2) is 83.9 Å². The van der Waals surface area contributed by atoms with Crippen molar-refractivity contribution in [2.75, 3.05) is 11.9 Å². The second kappa shape index (κ2) is 11.3. The van der Waals surface area contributed by atoms with Crippen LogP contribution >= 0.6 is 11.6 Å².